The summed E-state index contributed by atoms with van der Waals surface area (Å²) < 4.78 is 34.7. The Morgan fingerprint density at radius 3 is 2.47 bits per heavy atom. The van der Waals surface area contributed by atoms with Gasteiger partial charge >= 0.3 is 0 Å². The Kier molecular flexibility index (Phi) is 3.86. The van der Waals surface area contributed by atoms with Crippen LogP contribution in [-0.4, -0.2) is 26.9 Å². The number of ether oxygens (including phenoxy) is 1. The molecular formula is C11H17NO4S. The third-order valence-corrected chi connectivity index (χ3v) is 5.11. The Morgan fingerprint density at radius 1 is 1.24 bits per heavy atom. The maximum atomic E-state index is 12.1. The smallest absolute Gasteiger partial charge is 0.160 e. The molecule has 1 aliphatic heterocycles. The van der Waals surface area contributed by atoms with Crippen LogP contribution in [0.25, 0.3) is 0 Å². The van der Waals surface area contributed by atoms with Gasteiger partial charge in [0.25, 0.3) is 0 Å². The number of rotatable bonds is 4. The Bertz CT molecular complexity index is 460. The van der Waals surface area contributed by atoms with Gasteiger partial charge in [-0.1, -0.05) is 0 Å². The average molecular weight is 259 g/mol. The van der Waals surface area contributed by atoms with Gasteiger partial charge in [0.2, 0.25) is 0 Å². The predicted molar refractivity (Wildman–Crippen MR) is 63.1 cm³/mol. The minimum Gasteiger partial charge on any atom is -0.464 e. The molecule has 6 heteroatoms. The van der Waals surface area contributed by atoms with Crippen LogP contribution in [0.15, 0.2) is 16.5 Å². The predicted octanol–water partition coefficient (Wildman–Crippen LogP) is 0.832. The minimum absolute atomic E-state index is 0.0440. The molecule has 0 aromatic carbocycles. The Balaban J connectivity index is 2.05. The summed E-state index contributed by atoms with van der Waals surface area (Å²) in [4.78, 5) is 0. The highest BCUT2D eigenvalue weighted by Gasteiger charge is 2.28. The first-order valence-corrected chi connectivity index (χ1v) is 7.40. The fraction of sp³-hybridized carbons (Fsp3) is 0.636. The SMILES string of the molecule is NCc1ccc(CS(=O)(=O)C2CCOCC2)o1. The molecule has 0 aliphatic carbocycles. The lowest BCUT2D eigenvalue weighted by Crippen LogP contribution is -2.29. The maximum Gasteiger partial charge on any atom is 0.160 e. The molecule has 2 rings (SSSR count). The Labute approximate surface area is 101 Å². The van der Waals surface area contributed by atoms with E-state index in [4.69, 9.17) is 14.9 Å². The molecule has 0 amide bonds. The first kappa shape index (κ1) is 12.6. The molecule has 0 bridgehead atoms. The highest BCUT2D eigenvalue weighted by atomic mass is 32.2. The summed E-state index contributed by atoms with van der Waals surface area (Å²) >= 11 is 0. The summed E-state index contributed by atoms with van der Waals surface area (Å²) in [5.41, 5.74) is 5.41. The number of hydrogen-bond donors (Lipinski definition) is 1. The first-order valence-electron chi connectivity index (χ1n) is 5.69. The van der Waals surface area contributed by atoms with Crippen LogP contribution in [-0.2, 0) is 26.9 Å². The molecule has 0 unspecified atom stereocenters. The molecule has 96 valence electrons. The topological polar surface area (TPSA) is 82.5 Å². The van der Waals surface area contributed by atoms with E-state index in [0.717, 1.165) is 0 Å². The van der Waals surface area contributed by atoms with Gasteiger partial charge in [-0.15, -0.1) is 0 Å². The van der Waals surface area contributed by atoms with Gasteiger partial charge < -0.3 is 14.9 Å². The molecule has 1 aromatic rings. The second-order valence-electron chi connectivity index (χ2n) is 4.19. The molecule has 17 heavy (non-hydrogen) atoms. The van der Waals surface area contributed by atoms with E-state index >= 15 is 0 Å². The van der Waals surface area contributed by atoms with Gasteiger partial charge in [-0.2, -0.15) is 0 Å². The second kappa shape index (κ2) is 5.20. The van der Waals surface area contributed by atoms with Crippen LogP contribution in [0.3, 0.4) is 0 Å². The van der Waals surface area contributed by atoms with Crippen LogP contribution < -0.4 is 5.73 Å². The van der Waals surface area contributed by atoms with Gasteiger partial charge in [0.1, 0.15) is 17.3 Å². The summed E-state index contributed by atoms with van der Waals surface area (Å²) in [5.74, 6) is 1.04. The van der Waals surface area contributed by atoms with Crippen molar-refractivity contribution in [1.82, 2.24) is 0 Å². The lowest BCUT2D eigenvalue weighted by Gasteiger charge is -2.21. The summed E-state index contributed by atoms with van der Waals surface area (Å²) in [6.45, 7) is 1.34. The molecule has 0 saturated carbocycles. The van der Waals surface area contributed by atoms with Crippen molar-refractivity contribution in [2.75, 3.05) is 13.2 Å². The van der Waals surface area contributed by atoms with Gasteiger partial charge in [0, 0.05) is 13.2 Å². The lowest BCUT2D eigenvalue weighted by atomic mass is 10.2. The Morgan fingerprint density at radius 2 is 1.88 bits per heavy atom. The van der Waals surface area contributed by atoms with Gasteiger partial charge in [0.05, 0.1) is 11.8 Å². The quantitative estimate of drug-likeness (QED) is 0.866. The lowest BCUT2D eigenvalue weighted by molar-refractivity contribution is 0.0983. The zero-order valence-corrected chi connectivity index (χ0v) is 10.4. The maximum absolute atomic E-state index is 12.1. The summed E-state index contributed by atoms with van der Waals surface area (Å²) in [5, 5.41) is -0.303. The Hall–Kier alpha value is -0.850. The standard InChI is InChI=1S/C11H17NO4S/c12-7-9-1-2-10(16-9)8-17(13,14)11-3-5-15-6-4-11/h1-2,11H,3-8,12H2. The monoisotopic (exact) mass is 259 g/mol. The van der Waals surface area contributed by atoms with Crippen LogP contribution in [0.5, 0.6) is 0 Å². The molecule has 1 aromatic heterocycles. The van der Waals surface area contributed by atoms with Crippen molar-refractivity contribution in [3.8, 4) is 0 Å². The van der Waals surface area contributed by atoms with Crippen molar-refractivity contribution in [2.24, 2.45) is 5.73 Å². The van der Waals surface area contributed by atoms with E-state index < -0.39 is 9.84 Å². The third kappa shape index (κ3) is 3.08. The number of nitrogens with two attached hydrogens (primary N) is 1. The molecule has 5 nitrogen and oxygen atoms in total. The highest BCUT2D eigenvalue weighted by Crippen LogP contribution is 2.21. The van der Waals surface area contributed by atoms with Crippen LogP contribution in [0.4, 0.5) is 0 Å². The van der Waals surface area contributed by atoms with Crippen LogP contribution >= 0.6 is 0 Å². The third-order valence-electron chi connectivity index (χ3n) is 2.94. The van der Waals surface area contributed by atoms with Gasteiger partial charge in [-0.05, 0) is 25.0 Å². The van der Waals surface area contributed by atoms with Crippen molar-refractivity contribution in [1.29, 1.82) is 0 Å². The van der Waals surface area contributed by atoms with E-state index in [1.165, 1.54) is 0 Å². The molecule has 2 heterocycles. The van der Waals surface area contributed by atoms with E-state index in [0.29, 0.717) is 37.6 Å². The van der Waals surface area contributed by atoms with Crippen molar-refractivity contribution >= 4 is 9.84 Å². The van der Waals surface area contributed by atoms with Crippen molar-refractivity contribution < 1.29 is 17.6 Å². The first-order chi connectivity index (χ1) is 8.12. The summed E-state index contributed by atoms with van der Waals surface area (Å²) in [6, 6.07) is 3.40. The molecule has 1 saturated heterocycles. The fourth-order valence-electron chi connectivity index (χ4n) is 1.96. The van der Waals surface area contributed by atoms with Gasteiger partial charge in [-0.3, -0.25) is 0 Å². The molecule has 1 aliphatic rings. The van der Waals surface area contributed by atoms with E-state index in [1.54, 1.807) is 12.1 Å². The highest BCUT2D eigenvalue weighted by molar-refractivity contribution is 7.91. The van der Waals surface area contributed by atoms with Gasteiger partial charge in [0.15, 0.2) is 9.84 Å². The largest absolute Gasteiger partial charge is 0.464 e. The van der Waals surface area contributed by atoms with Crippen molar-refractivity contribution in [3.05, 3.63) is 23.7 Å². The zero-order chi connectivity index (χ0) is 12.3. The summed E-state index contributed by atoms with van der Waals surface area (Å²) in [7, 11) is -3.15. The second-order valence-corrected chi connectivity index (χ2v) is 6.47. The average Bonchev–Trinajstić information content (AvgIpc) is 2.77. The van der Waals surface area contributed by atoms with E-state index in [2.05, 4.69) is 0 Å². The number of hydrogen-bond acceptors (Lipinski definition) is 5. The number of furan rings is 1. The molecule has 0 spiro atoms. The molecule has 0 radical (unpaired) electrons. The van der Waals surface area contributed by atoms with Crippen LogP contribution in [0.2, 0.25) is 0 Å². The van der Waals surface area contributed by atoms with E-state index in [-0.39, 0.29) is 17.5 Å². The van der Waals surface area contributed by atoms with Crippen molar-refractivity contribution in [3.63, 3.8) is 0 Å². The van der Waals surface area contributed by atoms with Crippen LogP contribution in [0, 0.1) is 0 Å². The van der Waals surface area contributed by atoms with E-state index in [9.17, 15) is 8.42 Å². The molecule has 1 fully saturated rings. The molecule has 2 N–H and O–H groups in total. The molecular weight excluding hydrogens is 242 g/mol. The molecule has 0 atom stereocenters. The van der Waals surface area contributed by atoms with Crippen molar-refractivity contribution in [2.45, 2.75) is 30.4 Å². The fourth-order valence-corrected chi connectivity index (χ4v) is 3.66. The number of sulfone groups is 1. The summed E-state index contributed by atoms with van der Waals surface area (Å²) in [6.07, 6.45) is 1.15. The van der Waals surface area contributed by atoms with E-state index in [1.807, 2.05) is 0 Å². The normalized spacial score (nSPS) is 18.4. The zero-order valence-electron chi connectivity index (χ0n) is 9.59. The minimum atomic E-state index is -3.15. The van der Waals surface area contributed by atoms with Gasteiger partial charge in [-0.25, -0.2) is 8.42 Å². The van der Waals surface area contributed by atoms with Crippen LogP contribution in [0.1, 0.15) is 24.4 Å².